The Balaban J connectivity index is 1.39. The summed E-state index contributed by atoms with van der Waals surface area (Å²) in [4.78, 5) is 18.0. The van der Waals surface area contributed by atoms with Crippen molar-refractivity contribution >= 4 is 17.3 Å². The standard InChI is InChI=1S/C23H18ClN9O/c24-15-3-7-19(32-12-26-30-31-32)18(11-15)14-9-17-6-8-20(33(17)21(34)10-14)23-27-22(28-29-23)13-1-4-16(25)5-2-13/h1-5,7,9-12,20H,6,8,25H2,(H,27,28,29). The third kappa shape index (κ3) is 3.44. The van der Waals surface area contributed by atoms with E-state index in [4.69, 9.17) is 17.3 Å². The van der Waals surface area contributed by atoms with Gasteiger partial charge in [-0.2, -0.15) is 9.78 Å². The minimum absolute atomic E-state index is 0.122. The maximum absolute atomic E-state index is 13.3. The van der Waals surface area contributed by atoms with E-state index in [0.717, 1.165) is 40.9 Å². The molecule has 0 amide bonds. The van der Waals surface area contributed by atoms with Crippen molar-refractivity contribution in [3.05, 3.63) is 87.8 Å². The fourth-order valence-electron chi connectivity index (χ4n) is 4.40. The zero-order valence-electron chi connectivity index (χ0n) is 17.8. The average molecular weight is 472 g/mol. The number of pyridine rings is 1. The van der Waals surface area contributed by atoms with E-state index in [2.05, 4.69) is 30.7 Å². The molecule has 3 aromatic heterocycles. The number of fused-ring (bicyclic) bond motifs is 1. The van der Waals surface area contributed by atoms with E-state index in [-0.39, 0.29) is 11.6 Å². The number of nitrogens with zero attached hydrogens (tertiary/aromatic N) is 7. The van der Waals surface area contributed by atoms with Gasteiger partial charge in [-0.15, -0.1) is 5.10 Å². The third-order valence-electron chi connectivity index (χ3n) is 5.99. The van der Waals surface area contributed by atoms with E-state index < -0.39 is 0 Å². The van der Waals surface area contributed by atoms with Crippen molar-refractivity contribution in [2.75, 3.05) is 5.73 Å². The summed E-state index contributed by atoms with van der Waals surface area (Å²) >= 11 is 6.28. The van der Waals surface area contributed by atoms with Crippen LogP contribution in [0.3, 0.4) is 0 Å². The first-order valence-corrected chi connectivity index (χ1v) is 11.0. The molecule has 0 bridgehead atoms. The summed E-state index contributed by atoms with van der Waals surface area (Å²) < 4.78 is 3.32. The Labute approximate surface area is 198 Å². The predicted octanol–water partition coefficient (Wildman–Crippen LogP) is 3.05. The van der Waals surface area contributed by atoms with Gasteiger partial charge >= 0.3 is 0 Å². The number of aromatic amines is 1. The zero-order chi connectivity index (χ0) is 23.2. The van der Waals surface area contributed by atoms with Gasteiger partial charge in [0.1, 0.15) is 12.2 Å². The van der Waals surface area contributed by atoms with Gasteiger partial charge < -0.3 is 10.3 Å². The Morgan fingerprint density at radius 1 is 1.06 bits per heavy atom. The fourth-order valence-corrected chi connectivity index (χ4v) is 4.58. The molecule has 2 aromatic carbocycles. The topological polar surface area (TPSA) is 133 Å². The maximum Gasteiger partial charge on any atom is 0.252 e. The number of aryl methyl sites for hydroxylation is 1. The van der Waals surface area contributed by atoms with Crippen LogP contribution in [0.25, 0.3) is 28.2 Å². The second-order valence-corrected chi connectivity index (χ2v) is 8.52. The van der Waals surface area contributed by atoms with E-state index in [1.54, 1.807) is 21.4 Å². The quantitative estimate of drug-likeness (QED) is 0.385. The highest BCUT2D eigenvalue weighted by atomic mass is 35.5. The van der Waals surface area contributed by atoms with Gasteiger partial charge in [-0.1, -0.05) is 11.6 Å². The van der Waals surface area contributed by atoms with Crippen molar-refractivity contribution in [3.63, 3.8) is 0 Å². The Kier molecular flexibility index (Phi) is 4.73. The van der Waals surface area contributed by atoms with Gasteiger partial charge in [-0.25, -0.2) is 4.98 Å². The van der Waals surface area contributed by atoms with Gasteiger partial charge in [0.25, 0.3) is 5.56 Å². The molecule has 11 heteroatoms. The van der Waals surface area contributed by atoms with Crippen LogP contribution in [0, 0.1) is 0 Å². The lowest BCUT2D eigenvalue weighted by atomic mass is 10.0. The molecule has 0 fully saturated rings. The molecule has 0 spiro atoms. The van der Waals surface area contributed by atoms with E-state index in [1.165, 1.54) is 6.33 Å². The number of halogens is 1. The Morgan fingerprint density at radius 3 is 2.71 bits per heavy atom. The minimum Gasteiger partial charge on any atom is -0.399 e. The van der Waals surface area contributed by atoms with Crippen LogP contribution in [0.2, 0.25) is 5.02 Å². The van der Waals surface area contributed by atoms with Crippen molar-refractivity contribution in [2.45, 2.75) is 18.9 Å². The van der Waals surface area contributed by atoms with Gasteiger partial charge in [0, 0.05) is 33.6 Å². The van der Waals surface area contributed by atoms with Crippen LogP contribution in [0.4, 0.5) is 5.69 Å². The lowest BCUT2D eigenvalue weighted by molar-refractivity contribution is 0.568. The number of benzene rings is 2. The second kappa shape index (κ2) is 7.92. The van der Waals surface area contributed by atoms with Crippen molar-refractivity contribution in [1.29, 1.82) is 0 Å². The highest BCUT2D eigenvalue weighted by molar-refractivity contribution is 6.31. The summed E-state index contributed by atoms with van der Waals surface area (Å²) in [5.41, 5.74) is 10.4. The molecule has 0 radical (unpaired) electrons. The second-order valence-electron chi connectivity index (χ2n) is 8.08. The summed E-state index contributed by atoms with van der Waals surface area (Å²) in [6, 6.07) is 16.2. The number of rotatable bonds is 4. The molecule has 3 N–H and O–H groups in total. The van der Waals surface area contributed by atoms with Crippen LogP contribution < -0.4 is 11.3 Å². The Hall–Kier alpha value is -4.31. The van der Waals surface area contributed by atoms with Gasteiger partial charge in [0.15, 0.2) is 5.82 Å². The highest BCUT2D eigenvalue weighted by Crippen LogP contribution is 2.34. The van der Waals surface area contributed by atoms with Gasteiger partial charge in [-0.3, -0.25) is 9.89 Å². The summed E-state index contributed by atoms with van der Waals surface area (Å²) in [6.07, 6.45) is 2.97. The largest absolute Gasteiger partial charge is 0.399 e. The van der Waals surface area contributed by atoms with Gasteiger partial charge in [-0.05, 0) is 77.4 Å². The number of hydrogen-bond acceptors (Lipinski definition) is 7. The number of nitrogens with two attached hydrogens (primary N) is 1. The molecular weight excluding hydrogens is 454 g/mol. The first-order chi connectivity index (χ1) is 16.6. The number of nitrogen functional groups attached to an aromatic ring is 1. The molecule has 1 aliphatic rings. The van der Waals surface area contributed by atoms with E-state index >= 15 is 0 Å². The molecule has 4 heterocycles. The maximum atomic E-state index is 13.3. The molecule has 0 saturated heterocycles. The van der Waals surface area contributed by atoms with Crippen LogP contribution in [-0.2, 0) is 6.42 Å². The minimum atomic E-state index is -0.218. The number of nitrogens with one attached hydrogen (secondary N) is 1. The summed E-state index contributed by atoms with van der Waals surface area (Å²) in [6.45, 7) is 0. The monoisotopic (exact) mass is 471 g/mol. The first-order valence-electron chi connectivity index (χ1n) is 10.6. The van der Waals surface area contributed by atoms with Crippen molar-refractivity contribution in [3.8, 4) is 28.2 Å². The van der Waals surface area contributed by atoms with Gasteiger partial charge in [0.05, 0.1) is 11.7 Å². The molecule has 168 valence electrons. The molecule has 6 rings (SSSR count). The molecular formula is C23H18ClN9O. The van der Waals surface area contributed by atoms with Crippen LogP contribution in [0.1, 0.15) is 24.0 Å². The van der Waals surface area contributed by atoms with Crippen molar-refractivity contribution in [2.24, 2.45) is 0 Å². The van der Waals surface area contributed by atoms with Crippen LogP contribution in [-0.4, -0.2) is 40.0 Å². The predicted molar refractivity (Wildman–Crippen MR) is 127 cm³/mol. The SMILES string of the molecule is Nc1ccc(-c2n[nH]c(C3CCc4cc(-c5cc(Cl)ccc5-n5cnnn5)cc(=O)n43)n2)cc1. The summed E-state index contributed by atoms with van der Waals surface area (Å²) in [7, 11) is 0. The van der Waals surface area contributed by atoms with Crippen molar-refractivity contribution in [1.82, 2.24) is 40.0 Å². The summed E-state index contributed by atoms with van der Waals surface area (Å²) in [5.74, 6) is 1.22. The average Bonchev–Trinajstić information content (AvgIpc) is 3.60. The zero-order valence-corrected chi connectivity index (χ0v) is 18.5. The molecule has 10 nitrogen and oxygen atoms in total. The van der Waals surface area contributed by atoms with Crippen LogP contribution in [0.5, 0.6) is 0 Å². The van der Waals surface area contributed by atoms with Crippen LogP contribution in [0.15, 0.2) is 65.7 Å². The number of H-pyrrole nitrogens is 1. The first kappa shape index (κ1) is 20.3. The number of hydrogen-bond donors (Lipinski definition) is 2. The molecule has 1 aliphatic heterocycles. The molecule has 1 atom stereocenters. The molecule has 0 aliphatic carbocycles. The molecule has 34 heavy (non-hydrogen) atoms. The lowest BCUT2D eigenvalue weighted by Crippen LogP contribution is -2.24. The number of aromatic nitrogens is 8. The van der Waals surface area contributed by atoms with Crippen LogP contribution >= 0.6 is 11.6 Å². The Morgan fingerprint density at radius 2 is 1.91 bits per heavy atom. The smallest absolute Gasteiger partial charge is 0.252 e. The normalized spacial score (nSPS) is 14.9. The van der Waals surface area contributed by atoms with E-state index in [0.29, 0.717) is 22.4 Å². The Bertz CT molecular complexity index is 1550. The summed E-state index contributed by atoms with van der Waals surface area (Å²) in [5, 5.41) is 19.3. The lowest BCUT2D eigenvalue weighted by Gasteiger charge is -2.14. The highest BCUT2D eigenvalue weighted by Gasteiger charge is 2.28. The van der Waals surface area contributed by atoms with Crippen molar-refractivity contribution < 1.29 is 0 Å². The van der Waals surface area contributed by atoms with E-state index in [1.807, 2.05) is 42.5 Å². The van der Waals surface area contributed by atoms with E-state index in [9.17, 15) is 4.79 Å². The van der Waals surface area contributed by atoms with Gasteiger partial charge in [0.2, 0.25) is 0 Å². The third-order valence-corrected chi connectivity index (χ3v) is 6.22. The number of anilines is 1. The number of tetrazole rings is 1. The fraction of sp³-hybridized carbons (Fsp3) is 0.130. The molecule has 5 aromatic rings. The molecule has 0 saturated carbocycles. The molecule has 1 unspecified atom stereocenters.